The molecule has 0 fully saturated rings. The van der Waals surface area contributed by atoms with Crippen molar-refractivity contribution in [1.82, 2.24) is 5.32 Å². The fraction of sp³-hybridized carbons (Fsp3) is 0.278. The molecule has 3 nitrogen and oxygen atoms in total. The molecule has 0 aliphatic rings. The molecule has 0 heterocycles. The highest BCUT2D eigenvalue weighted by molar-refractivity contribution is 5.94. The maximum Gasteiger partial charge on any atom is 0.251 e. The second kappa shape index (κ2) is 6.71. The van der Waals surface area contributed by atoms with Crippen molar-refractivity contribution in [1.29, 1.82) is 0 Å². The van der Waals surface area contributed by atoms with Crippen LogP contribution >= 0.6 is 0 Å². The number of nitrogens with two attached hydrogens (primary N) is 1. The smallest absolute Gasteiger partial charge is 0.251 e. The Morgan fingerprint density at radius 3 is 2.59 bits per heavy atom. The van der Waals surface area contributed by atoms with E-state index in [-0.39, 0.29) is 11.7 Å². The standard InChI is InChI=1S/C18H21FN2O/c1-18(2,15-8-3-4-9-16(15)19)12-21-17(22)14-7-5-6-13(10-14)11-20/h3-10H,11-12,20H2,1-2H3,(H,21,22). The molecule has 1 amide bonds. The minimum absolute atomic E-state index is 0.181. The highest BCUT2D eigenvalue weighted by atomic mass is 19.1. The first-order valence-corrected chi connectivity index (χ1v) is 7.26. The van der Waals surface area contributed by atoms with E-state index < -0.39 is 5.41 Å². The van der Waals surface area contributed by atoms with Crippen LogP contribution in [0.1, 0.15) is 35.3 Å². The van der Waals surface area contributed by atoms with E-state index in [0.717, 1.165) is 5.56 Å². The Morgan fingerprint density at radius 1 is 1.18 bits per heavy atom. The van der Waals surface area contributed by atoms with E-state index in [2.05, 4.69) is 5.32 Å². The van der Waals surface area contributed by atoms with Crippen molar-refractivity contribution < 1.29 is 9.18 Å². The molecule has 2 aromatic rings. The largest absolute Gasteiger partial charge is 0.351 e. The number of benzene rings is 2. The van der Waals surface area contributed by atoms with Gasteiger partial charge in [0.25, 0.3) is 5.91 Å². The van der Waals surface area contributed by atoms with Gasteiger partial charge in [0.15, 0.2) is 0 Å². The molecule has 0 unspecified atom stereocenters. The molecule has 0 aliphatic heterocycles. The van der Waals surface area contributed by atoms with Crippen LogP contribution in [0.5, 0.6) is 0 Å². The van der Waals surface area contributed by atoms with Crippen molar-refractivity contribution >= 4 is 5.91 Å². The number of hydrogen-bond donors (Lipinski definition) is 2. The minimum atomic E-state index is -0.494. The summed E-state index contributed by atoms with van der Waals surface area (Å²) in [5.41, 5.74) is 7.14. The fourth-order valence-corrected chi connectivity index (χ4v) is 2.35. The van der Waals surface area contributed by atoms with E-state index in [1.165, 1.54) is 6.07 Å². The summed E-state index contributed by atoms with van der Waals surface area (Å²) >= 11 is 0. The van der Waals surface area contributed by atoms with E-state index in [9.17, 15) is 9.18 Å². The average Bonchev–Trinajstić information content (AvgIpc) is 2.53. The summed E-state index contributed by atoms with van der Waals surface area (Å²) in [4.78, 5) is 12.2. The van der Waals surface area contributed by atoms with Gasteiger partial charge < -0.3 is 11.1 Å². The summed E-state index contributed by atoms with van der Waals surface area (Å²) < 4.78 is 13.9. The van der Waals surface area contributed by atoms with Crippen molar-refractivity contribution in [2.24, 2.45) is 5.73 Å². The summed E-state index contributed by atoms with van der Waals surface area (Å²) in [6.45, 7) is 4.55. The van der Waals surface area contributed by atoms with Crippen molar-refractivity contribution in [3.63, 3.8) is 0 Å². The van der Waals surface area contributed by atoms with E-state index >= 15 is 0 Å². The Balaban J connectivity index is 2.08. The van der Waals surface area contributed by atoms with Crippen LogP contribution in [0.3, 0.4) is 0 Å². The molecule has 0 spiro atoms. The van der Waals surface area contributed by atoms with E-state index in [1.807, 2.05) is 19.9 Å². The van der Waals surface area contributed by atoms with Crippen molar-refractivity contribution in [2.75, 3.05) is 6.54 Å². The van der Waals surface area contributed by atoms with Gasteiger partial charge in [0.05, 0.1) is 0 Å². The molecule has 0 saturated heterocycles. The van der Waals surface area contributed by atoms with Gasteiger partial charge >= 0.3 is 0 Å². The van der Waals surface area contributed by atoms with Gasteiger partial charge in [0, 0.05) is 24.1 Å². The minimum Gasteiger partial charge on any atom is -0.351 e. The van der Waals surface area contributed by atoms with E-state index in [1.54, 1.807) is 36.4 Å². The van der Waals surface area contributed by atoms with Crippen LogP contribution in [-0.4, -0.2) is 12.5 Å². The van der Waals surface area contributed by atoms with Crippen LogP contribution in [0.2, 0.25) is 0 Å². The first kappa shape index (κ1) is 16.2. The number of carbonyl (C=O) groups excluding carboxylic acids is 1. The maximum absolute atomic E-state index is 13.9. The first-order valence-electron chi connectivity index (χ1n) is 7.26. The molecule has 2 rings (SSSR count). The van der Waals surface area contributed by atoms with Gasteiger partial charge in [-0.3, -0.25) is 4.79 Å². The zero-order chi connectivity index (χ0) is 16.2. The van der Waals surface area contributed by atoms with Crippen LogP contribution in [0.25, 0.3) is 0 Å². The SMILES string of the molecule is CC(C)(CNC(=O)c1cccc(CN)c1)c1ccccc1F. The lowest BCUT2D eigenvalue weighted by atomic mass is 9.84. The Morgan fingerprint density at radius 2 is 1.91 bits per heavy atom. The van der Waals surface area contributed by atoms with Gasteiger partial charge in [-0.15, -0.1) is 0 Å². The molecular weight excluding hydrogens is 279 g/mol. The predicted molar refractivity (Wildman–Crippen MR) is 86.1 cm³/mol. The molecule has 0 aliphatic carbocycles. The third kappa shape index (κ3) is 3.71. The second-order valence-corrected chi connectivity index (χ2v) is 5.95. The quantitative estimate of drug-likeness (QED) is 0.892. The summed E-state index contributed by atoms with van der Waals surface area (Å²) in [6, 6.07) is 13.8. The third-order valence-corrected chi connectivity index (χ3v) is 3.72. The number of carbonyl (C=O) groups is 1. The van der Waals surface area contributed by atoms with E-state index in [0.29, 0.717) is 24.2 Å². The fourth-order valence-electron chi connectivity index (χ4n) is 2.35. The number of hydrogen-bond acceptors (Lipinski definition) is 2. The van der Waals surface area contributed by atoms with Crippen molar-refractivity contribution in [3.05, 3.63) is 71.0 Å². The van der Waals surface area contributed by atoms with Crippen LogP contribution in [0.4, 0.5) is 4.39 Å². The molecule has 0 saturated carbocycles. The number of amides is 1. The summed E-state index contributed by atoms with van der Waals surface area (Å²) in [5, 5.41) is 2.87. The molecule has 116 valence electrons. The second-order valence-electron chi connectivity index (χ2n) is 5.95. The van der Waals surface area contributed by atoms with Gasteiger partial charge in [0.2, 0.25) is 0 Å². The van der Waals surface area contributed by atoms with Crippen LogP contribution in [-0.2, 0) is 12.0 Å². The summed E-state index contributed by atoms with van der Waals surface area (Å²) in [6.07, 6.45) is 0. The molecular formula is C18H21FN2O. The number of nitrogens with one attached hydrogen (secondary N) is 1. The van der Waals surface area contributed by atoms with Crippen molar-refractivity contribution in [3.8, 4) is 0 Å². The maximum atomic E-state index is 13.9. The summed E-state index contributed by atoms with van der Waals surface area (Å²) in [5.74, 6) is -0.438. The van der Waals surface area contributed by atoms with Crippen LogP contribution < -0.4 is 11.1 Å². The average molecular weight is 300 g/mol. The van der Waals surface area contributed by atoms with Crippen molar-refractivity contribution in [2.45, 2.75) is 25.8 Å². The third-order valence-electron chi connectivity index (χ3n) is 3.72. The van der Waals surface area contributed by atoms with Gasteiger partial charge in [-0.1, -0.05) is 44.2 Å². The molecule has 2 aromatic carbocycles. The molecule has 0 atom stereocenters. The zero-order valence-corrected chi connectivity index (χ0v) is 12.9. The zero-order valence-electron chi connectivity index (χ0n) is 12.9. The molecule has 22 heavy (non-hydrogen) atoms. The van der Waals surface area contributed by atoms with Crippen LogP contribution in [0.15, 0.2) is 48.5 Å². The lowest BCUT2D eigenvalue weighted by molar-refractivity contribution is 0.0945. The Bertz CT molecular complexity index is 668. The van der Waals surface area contributed by atoms with Gasteiger partial charge in [0.1, 0.15) is 5.82 Å². The Kier molecular flexibility index (Phi) is 4.93. The number of rotatable bonds is 5. The lowest BCUT2D eigenvalue weighted by Crippen LogP contribution is -2.37. The number of halogens is 1. The molecule has 0 bridgehead atoms. The molecule has 4 heteroatoms. The normalized spacial score (nSPS) is 11.3. The Labute approximate surface area is 130 Å². The Hall–Kier alpha value is -2.20. The predicted octanol–water partition coefficient (Wildman–Crippen LogP) is 2.99. The highest BCUT2D eigenvalue weighted by Gasteiger charge is 2.24. The van der Waals surface area contributed by atoms with Gasteiger partial charge in [-0.25, -0.2) is 4.39 Å². The first-order chi connectivity index (χ1) is 10.4. The monoisotopic (exact) mass is 300 g/mol. The van der Waals surface area contributed by atoms with E-state index in [4.69, 9.17) is 5.73 Å². The molecule has 3 N–H and O–H groups in total. The topological polar surface area (TPSA) is 55.1 Å². The highest BCUT2D eigenvalue weighted by Crippen LogP contribution is 2.24. The van der Waals surface area contributed by atoms with Gasteiger partial charge in [-0.2, -0.15) is 0 Å². The summed E-state index contributed by atoms with van der Waals surface area (Å²) in [7, 11) is 0. The molecule has 0 radical (unpaired) electrons. The van der Waals surface area contributed by atoms with Gasteiger partial charge in [-0.05, 0) is 29.3 Å². The lowest BCUT2D eigenvalue weighted by Gasteiger charge is -2.26. The molecule has 0 aromatic heterocycles. The van der Waals surface area contributed by atoms with Crippen LogP contribution in [0, 0.1) is 5.82 Å².